The fourth-order valence-corrected chi connectivity index (χ4v) is 1.43. The Kier molecular flexibility index (Phi) is 3.55. The summed E-state index contributed by atoms with van der Waals surface area (Å²) in [6, 6.07) is 0. The molecular weight excluding hydrogens is 291 g/mol. The lowest BCUT2D eigenvalue weighted by Gasteiger charge is -2.36. The Morgan fingerprint density at radius 3 is 1.85 bits per heavy atom. The lowest BCUT2D eigenvalue weighted by molar-refractivity contribution is -0.173. The third-order valence-electron chi connectivity index (χ3n) is 2.50. The molecule has 1 aromatic carbocycles. The Morgan fingerprint density at radius 2 is 1.45 bits per heavy atom. The fraction of sp³-hybridized carbons (Fsp3) is 0.364. The molecule has 0 radical (unpaired) electrons. The lowest BCUT2D eigenvalue weighted by Crippen LogP contribution is -2.50. The second-order valence-corrected chi connectivity index (χ2v) is 4.30. The quantitative estimate of drug-likeness (QED) is 0.277. The molecule has 1 saturated heterocycles. The number of hydrogen-bond acceptors (Lipinski definition) is 4. The molecule has 0 unspecified atom stereocenters. The molecule has 0 saturated carbocycles. The zero-order chi connectivity index (χ0) is 15.1. The highest BCUT2D eigenvalue weighted by Crippen LogP contribution is 2.30. The molecule has 0 atom stereocenters. The van der Waals surface area contributed by atoms with Crippen molar-refractivity contribution in [3.63, 3.8) is 0 Å². The summed E-state index contributed by atoms with van der Waals surface area (Å²) >= 11 is 0. The van der Waals surface area contributed by atoms with Gasteiger partial charge < -0.3 is 14.2 Å². The fourth-order valence-electron chi connectivity index (χ4n) is 1.43. The largest absolute Gasteiger partial charge is 0.514 e. The van der Waals surface area contributed by atoms with E-state index in [9.17, 15) is 26.7 Å². The summed E-state index contributed by atoms with van der Waals surface area (Å²) in [6.07, 6.45) is -1.60. The maximum atomic E-state index is 13.2. The number of benzene rings is 1. The van der Waals surface area contributed by atoms with Gasteiger partial charge in [0.05, 0.1) is 13.2 Å². The van der Waals surface area contributed by atoms with Crippen LogP contribution >= 0.6 is 0 Å². The number of ether oxygens (including phenoxy) is 3. The molecule has 0 spiro atoms. The minimum absolute atomic E-state index is 0.0270. The zero-order valence-corrected chi connectivity index (χ0v) is 9.94. The maximum Gasteiger partial charge on any atom is 0.514 e. The van der Waals surface area contributed by atoms with E-state index in [0.29, 0.717) is 0 Å². The van der Waals surface area contributed by atoms with Crippen LogP contribution < -0.4 is 4.74 Å². The third kappa shape index (κ3) is 2.40. The minimum Gasteiger partial charge on any atom is -0.423 e. The maximum absolute atomic E-state index is 13.2. The Morgan fingerprint density at radius 1 is 1.00 bits per heavy atom. The first-order valence-corrected chi connectivity index (χ1v) is 5.25. The van der Waals surface area contributed by atoms with Gasteiger partial charge in [-0.15, -0.1) is 0 Å². The molecule has 4 nitrogen and oxygen atoms in total. The normalized spacial score (nSPS) is 16.5. The Bertz CT molecular complexity index is 541. The van der Waals surface area contributed by atoms with E-state index in [0.717, 1.165) is 0 Å². The molecule has 20 heavy (non-hydrogen) atoms. The summed E-state index contributed by atoms with van der Waals surface area (Å²) in [6.45, 7) is 1.49. The van der Waals surface area contributed by atoms with E-state index in [-0.39, 0.29) is 13.2 Å². The van der Waals surface area contributed by atoms with Crippen molar-refractivity contribution in [1.29, 1.82) is 0 Å². The van der Waals surface area contributed by atoms with Gasteiger partial charge in [0.15, 0.2) is 5.60 Å². The summed E-state index contributed by atoms with van der Waals surface area (Å²) in [5.74, 6) is -13.0. The number of rotatable bonds is 2. The summed E-state index contributed by atoms with van der Waals surface area (Å²) in [7, 11) is 0. The number of hydrogen-bond donors (Lipinski definition) is 0. The predicted octanol–water partition coefficient (Wildman–Crippen LogP) is 2.69. The third-order valence-corrected chi connectivity index (χ3v) is 2.50. The van der Waals surface area contributed by atoms with Crippen LogP contribution in [0.15, 0.2) is 0 Å². The average Bonchev–Trinajstić information content (AvgIpc) is 2.37. The van der Waals surface area contributed by atoms with Crippen molar-refractivity contribution in [3.8, 4) is 5.75 Å². The van der Waals surface area contributed by atoms with Crippen LogP contribution in [0, 0.1) is 29.1 Å². The Labute approximate surface area is 109 Å². The minimum atomic E-state index is -2.35. The molecule has 0 aliphatic carbocycles. The van der Waals surface area contributed by atoms with Crippen molar-refractivity contribution in [1.82, 2.24) is 0 Å². The van der Waals surface area contributed by atoms with Gasteiger partial charge in [0.1, 0.15) is 0 Å². The monoisotopic (exact) mass is 298 g/mol. The molecule has 0 bridgehead atoms. The van der Waals surface area contributed by atoms with E-state index in [1.807, 2.05) is 0 Å². The highest BCUT2D eigenvalue weighted by molar-refractivity contribution is 5.64. The molecule has 0 amide bonds. The van der Waals surface area contributed by atoms with E-state index >= 15 is 0 Å². The second-order valence-electron chi connectivity index (χ2n) is 4.30. The lowest BCUT2D eigenvalue weighted by atomic mass is 10.1. The average molecular weight is 298 g/mol. The van der Waals surface area contributed by atoms with Crippen LogP contribution in [0.25, 0.3) is 0 Å². The standard InChI is InChI=1S/C11H7F5O4/c1-11(2-18-3-11)20-10(17)19-9-7(15)5(13)4(12)6(14)8(9)16/h2-3H2,1H3. The second kappa shape index (κ2) is 4.89. The summed E-state index contributed by atoms with van der Waals surface area (Å²) in [4.78, 5) is 11.3. The number of carbonyl (C=O) groups is 1. The summed E-state index contributed by atoms with van der Waals surface area (Å²) < 4.78 is 78.3. The van der Waals surface area contributed by atoms with Gasteiger partial charge in [-0.05, 0) is 6.92 Å². The van der Waals surface area contributed by atoms with Crippen LogP contribution in [0.5, 0.6) is 5.75 Å². The van der Waals surface area contributed by atoms with E-state index in [4.69, 9.17) is 4.74 Å². The van der Waals surface area contributed by atoms with Crippen LogP contribution in [0.1, 0.15) is 6.92 Å². The number of carbonyl (C=O) groups excluding carboxylic acids is 1. The Balaban J connectivity index is 2.23. The van der Waals surface area contributed by atoms with E-state index in [1.54, 1.807) is 0 Å². The van der Waals surface area contributed by atoms with Gasteiger partial charge in [0, 0.05) is 0 Å². The first kappa shape index (κ1) is 14.5. The van der Waals surface area contributed by atoms with Crippen LogP contribution in [0.2, 0.25) is 0 Å². The van der Waals surface area contributed by atoms with Crippen LogP contribution in [0.4, 0.5) is 26.7 Å². The molecule has 0 N–H and O–H groups in total. The van der Waals surface area contributed by atoms with Crippen molar-refractivity contribution in [2.75, 3.05) is 13.2 Å². The zero-order valence-electron chi connectivity index (χ0n) is 9.94. The molecule has 1 fully saturated rings. The molecule has 110 valence electrons. The van der Waals surface area contributed by atoms with Crippen molar-refractivity contribution in [3.05, 3.63) is 29.1 Å². The van der Waals surface area contributed by atoms with Crippen LogP contribution in [-0.2, 0) is 9.47 Å². The molecule has 1 aliphatic heterocycles. The van der Waals surface area contributed by atoms with Gasteiger partial charge in [-0.25, -0.2) is 18.0 Å². The number of halogens is 5. The van der Waals surface area contributed by atoms with Crippen LogP contribution in [-0.4, -0.2) is 25.0 Å². The molecule has 1 aliphatic rings. The van der Waals surface area contributed by atoms with Gasteiger partial charge in [-0.3, -0.25) is 0 Å². The molecule has 1 heterocycles. The highest BCUT2D eigenvalue weighted by Gasteiger charge is 2.39. The van der Waals surface area contributed by atoms with Gasteiger partial charge in [0.2, 0.25) is 34.8 Å². The molecular formula is C11H7F5O4. The van der Waals surface area contributed by atoms with Gasteiger partial charge in [-0.2, -0.15) is 8.78 Å². The van der Waals surface area contributed by atoms with E-state index in [1.165, 1.54) is 6.92 Å². The highest BCUT2D eigenvalue weighted by atomic mass is 19.2. The van der Waals surface area contributed by atoms with Gasteiger partial charge >= 0.3 is 6.16 Å². The van der Waals surface area contributed by atoms with Crippen LogP contribution in [0.3, 0.4) is 0 Å². The predicted molar refractivity (Wildman–Crippen MR) is 52.6 cm³/mol. The molecule has 0 aromatic heterocycles. The van der Waals surface area contributed by atoms with E-state index in [2.05, 4.69) is 9.47 Å². The van der Waals surface area contributed by atoms with Crippen molar-refractivity contribution in [2.45, 2.75) is 12.5 Å². The first-order chi connectivity index (χ1) is 9.25. The molecule has 1 aromatic rings. The Hall–Kier alpha value is -1.90. The van der Waals surface area contributed by atoms with Gasteiger partial charge in [0.25, 0.3) is 0 Å². The molecule has 9 heteroatoms. The van der Waals surface area contributed by atoms with Gasteiger partial charge in [-0.1, -0.05) is 0 Å². The van der Waals surface area contributed by atoms with E-state index < -0.39 is 46.6 Å². The topological polar surface area (TPSA) is 44.8 Å². The SMILES string of the molecule is CC1(OC(=O)Oc2c(F)c(F)c(F)c(F)c2F)COC1. The summed E-state index contributed by atoms with van der Waals surface area (Å²) in [5, 5.41) is 0. The first-order valence-electron chi connectivity index (χ1n) is 5.25. The van der Waals surface area contributed by atoms with Crippen molar-refractivity contribution >= 4 is 6.16 Å². The van der Waals surface area contributed by atoms with Crippen molar-refractivity contribution in [2.24, 2.45) is 0 Å². The smallest absolute Gasteiger partial charge is 0.423 e. The summed E-state index contributed by atoms with van der Waals surface area (Å²) in [5.41, 5.74) is -1.05. The van der Waals surface area contributed by atoms with Crippen molar-refractivity contribution < 1.29 is 41.0 Å². The molecule has 2 rings (SSSR count).